The first-order valence-electron chi connectivity index (χ1n) is 10.4. The maximum absolute atomic E-state index is 12.4. The molecule has 1 N–H and O–H groups in total. The van der Waals surface area contributed by atoms with Crippen LogP contribution in [0.3, 0.4) is 0 Å². The number of hydrogen-bond donors (Lipinski definition) is 1. The zero-order valence-electron chi connectivity index (χ0n) is 17.8. The number of thiophene rings is 1. The third-order valence-corrected chi connectivity index (χ3v) is 6.58. The third-order valence-electron chi connectivity index (χ3n) is 5.41. The molecule has 154 valence electrons. The second-order valence-electron chi connectivity index (χ2n) is 8.94. The fraction of sp³-hybridized carbons (Fsp3) is 0.500. The van der Waals surface area contributed by atoms with E-state index in [1.54, 1.807) is 11.3 Å². The van der Waals surface area contributed by atoms with Crippen LogP contribution in [0, 0.1) is 17.2 Å². The van der Waals surface area contributed by atoms with Crippen LogP contribution in [0.4, 0.5) is 5.00 Å². The van der Waals surface area contributed by atoms with Crippen molar-refractivity contribution in [3.05, 3.63) is 45.8 Å². The lowest BCUT2D eigenvalue weighted by Crippen LogP contribution is -2.13. The van der Waals surface area contributed by atoms with Crippen molar-refractivity contribution in [1.29, 1.82) is 5.26 Å². The smallest absolute Gasteiger partial charge is 0.225 e. The Labute approximate surface area is 177 Å². The van der Waals surface area contributed by atoms with Gasteiger partial charge >= 0.3 is 0 Å². The minimum atomic E-state index is -0.0557. The number of carbonyl (C=O) groups excluding carboxylic acids is 1. The highest BCUT2D eigenvalue weighted by atomic mass is 32.1. The Kier molecular flexibility index (Phi) is 6.64. The molecule has 5 heteroatoms. The summed E-state index contributed by atoms with van der Waals surface area (Å²) in [5.41, 5.74) is 3.21. The SMILES string of the molecule is C[C@@H]1CCc2c(sc(NC(=O)CCCOc3ccc(C(C)(C)C)cc3)c2C#N)C1. The third kappa shape index (κ3) is 5.39. The van der Waals surface area contributed by atoms with Gasteiger partial charge in [0, 0.05) is 11.3 Å². The van der Waals surface area contributed by atoms with Gasteiger partial charge in [0.15, 0.2) is 0 Å². The van der Waals surface area contributed by atoms with E-state index in [2.05, 4.69) is 51.2 Å². The molecule has 4 nitrogen and oxygen atoms in total. The Morgan fingerprint density at radius 2 is 2.03 bits per heavy atom. The summed E-state index contributed by atoms with van der Waals surface area (Å²) in [6, 6.07) is 10.4. The lowest BCUT2D eigenvalue weighted by Gasteiger charge is -2.19. The van der Waals surface area contributed by atoms with Gasteiger partial charge in [-0.15, -0.1) is 11.3 Å². The number of anilines is 1. The van der Waals surface area contributed by atoms with E-state index in [1.165, 1.54) is 10.4 Å². The average Bonchev–Trinajstić information content (AvgIpc) is 3.00. The first-order chi connectivity index (χ1) is 13.8. The molecule has 3 rings (SSSR count). The van der Waals surface area contributed by atoms with Crippen LogP contribution < -0.4 is 10.1 Å². The van der Waals surface area contributed by atoms with Crippen LogP contribution in [0.1, 0.15) is 68.5 Å². The van der Waals surface area contributed by atoms with E-state index in [-0.39, 0.29) is 11.3 Å². The number of hydrogen-bond acceptors (Lipinski definition) is 4. The first-order valence-corrected chi connectivity index (χ1v) is 11.2. The summed E-state index contributed by atoms with van der Waals surface area (Å²) in [4.78, 5) is 13.6. The summed E-state index contributed by atoms with van der Waals surface area (Å²) < 4.78 is 5.77. The topological polar surface area (TPSA) is 62.1 Å². The molecular formula is C24H30N2O2S. The molecule has 1 atom stereocenters. The lowest BCUT2D eigenvalue weighted by atomic mass is 9.87. The van der Waals surface area contributed by atoms with Crippen molar-refractivity contribution < 1.29 is 9.53 Å². The standard InChI is InChI=1S/C24H30N2O2S/c1-16-7-12-19-20(15-25)23(29-21(19)14-16)26-22(27)6-5-13-28-18-10-8-17(9-11-18)24(2,3)4/h8-11,16H,5-7,12-14H2,1-4H3,(H,26,27)/t16-/m1/s1. The number of nitrogens with zero attached hydrogens (tertiary/aromatic N) is 1. The van der Waals surface area contributed by atoms with Crippen molar-refractivity contribution in [3.63, 3.8) is 0 Å². The summed E-state index contributed by atoms with van der Waals surface area (Å²) in [7, 11) is 0. The zero-order valence-corrected chi connectivity index (χ0v) is 18.6. The molecule has 1 heterocycles. The van der Waals surface area contributed by atoms with Crippen LogP contribution in [-0.2, 0) is 23.1 Å². The van der Waals surface area contributed by atoms with Crippen molar-refractivity contribution in [2.24, 2.45) is 5.92 Å². The predicted molar refractivity (Wildman–Crippen MR) is 119 cm³/mol. The van der Waals surface area contributed by atoms with Crippen LogP contribution >= 0.6 is 11.3 Å². The largest absolute Gasteiger partial charge is 0.494 e. The number of ether oxygens (including phenoxy) is 1. The molecule has 0 saturated heterocycles. The molecule has 0 bridgehead atoms. The molecular weight excluding hydrogens is 380 g/mol. The van der Waals surface area contributed by atoms with Crippen molar-refractivity contribution in [1.82, 2.24) is 0 Å². The van der Waals surface area contributed by atoms with Gasteiger partial charge in [0.05, 0.1) is 12.2 Å². The van der Waals surface area contributed by atoms with E-state index in [0.717, 1.165) is 35.6 Å². The Morgan fingerprint density at radius 3 is 2.69 bits per heavy atom. The molecule has 0 spiro atoms. The Balaban J connectivity index is 1.48. The average molecular weight is 411 g/mol. The molecule has 29 heavy (non-hydrogen) atoms. The summed E-state index contributed by atoms with van der Waals surface area (Å²) in [5, 5.41) is 13.2. The number of carbonyl (C=O) groups is 1. The van der Waals surface area contributed by atoms with Gasteiger partial charge in [-0.05, 0) is 60.3 Å². The molecule has 1 amide bonds. The molecule has 0 aliphatic heterocycles. The van der Waals surface area contributed by atoms with Gasteiger partial charge in [-0.2, -0.15) is 5.26 Å². The minimum Gasteiger partial charge on any atom is -0.494 e. The molecule has 1 aromatic heterocycles. The summed E-state index contributed by atoms with van der Waals surface area (Å²) >= 11 is 1.57. The summed E-state index contributed by atoms with van der Waals surface area (Å²) in [5.74, 6) is 1.41. The van der Waals surface area contributed by atoms with Crippen LogP contribution in [0.5, 0.6) is 5.75 Å². The van der Waals surface area contributed by atoms with Gasteiger partial charge in [-0.3, -0.25) is 4.79 Å². The van der Waals surface area contributed by atoms with Crippen molar-refractivity contribution in [2.75, 3.05) is 11.9 Å². The van der Waals surface area contributed by atoms with E-state index in [4.69, 9.17) is 4.74 Å². The molecule has 1 aliphatic rings. The Hall–Kier alpha value is -2.32. The Bertz CT molecular complexity index is 901. The van der Waals surface area contributed by atoms with E-state index in [9.17, 15) is 10.1 Å². The highest BCUT2D eigenvalue weighted by Gasteiger charge is 2.24. The Morgan fingerprint density at radius 1 is 1.31 bits per heavy atom. The van der Waals surface area contributed by atoms with Crippen LogP contribution in [0.2, 0.25) is 0 Å². The lowest BCUT2D eigenvalue weighted by molar-refractivity contribution is -0.116. The number of rotatable bonds is 6. The maximum Gasteiger partial charge on any atom is 0.225 e. The summed E-state index contributed by atoms with van der Waals surface area (Å²) in [6.45, 7) is 9.28. The molecule has 0 fully saturated rings. The number of amides is 1. The normalized spacial score (nSPS) is 16.0. The van der Waals surface area contributed by atoms with Crippen LogP contribution in [0.25, 0.3) is 0 Å². The molecule has 0 unspecified atom stereocenters. The van der Waals surface area contributed by atoms with E-state index < -0.39 is 0 Å². The van der Waals surface area contributed by atoms with Crippen LogP contribution in [-0.4, -0.2) is 12.5 Å². The van der Waals surface area contributed by atoms with Gasteiger partial charge in [-0.25, -0.2) is 0 Å². The van der Waals surface area contributed by atoms with Gasteiger partial charge < -0.3 is 10.1 Å². The van der Waals surface area contributed by atoms with Crippen molar-refractivity contribution in [3.8, 4) is 11.8 Å². The second kappa shape index (κ2) is 9.00. The number of benzene rings is 1. The number of fused-ring (bicyclic) bond motifs is 1. The zero-order chi connectivity index (χ0) is 21.0. The molecule has 2 aromatic rings. The minimum absolute atomic E-state index is 0.0557. The van der Waals surface area contributed by atoms with Crippen molar-refractivity contribution >= 4 is 22.2 Å². The monoisotopic (exact) mass is 410 g/mol. The number of nitrogens with one attached hydrogen (secondary N) is 1. The molecule has 1 aromatic carbocycles. The quantitative estimate of drug-likeness (QED) is 0.609. The van der Waals surface area contributed by atoms with Crippen LogP contribution in [0.15, 0.2) is 24.3 Å². The van der Waals surface area contributed by atoms with Gasteiger partial charge in [0.25, 0.3) is 0 Å². The highest BCUT2D eigenvalue weighted by Crippen LogP contribution is 2.39. The fourth-order valence-corrected chi connectivity index (χ4v) is 5.00. The molecule has 0 saturated carbocycles. The second-order valence-corrected chi connectivity index (χ2v) is 10.0. The van der Waals surface area contributed by atoms with Gasteiger partial charge in [-0.1, -0.05) is 39.8 Å². The van der Waals surface area contributed by atoms with Gasteiger partial charge in [0.1, 0.15) is 16.8 Å². The van der Waals surface area contributed by atoms with Crippen molar-refractivity contribution in [2.45, 2.75) is 65.2 Å². The molecule has 0 radical (unpaired) electrons. The van der Waals surface area contributed by atoms with Gasteiger partial charge in [0.2, 0.25) is 5.91 Å². The maximum atomic E-state index is 12.4. The highest BCUT2D eigenvalue weighted by molar-refractivity contribution is 7.16. The molecule has 1 aliphatic carbocycles. The first kappa shape index (κ1) is 21.4. The predicted octanol–water partition coefficient (Wildman–Crippen LogP) is 5.84. The fourth-order valence-electron chi connectivity index (χ4n) is 3.62. The van der Waals surface area contributed by atoms with E-state index in [0.29, 0.717) is 30.9 Å². The van der Waals surface area contributed by atoms with E-state index >= 15 is 0 Å². The number of nitriles is 1. The summed E-state index contributed by atoms with van der Waals surface area (Å²) in [6.07, 6.45) is 4.07. The van der Waals surface area contributed by atoms with E-state index in [1.807, 2.05) is 12.1 Å².